The van der Waals surface area contributed by atoms with Gasteiger partial charge >= 0.3 is 23.2 Å². The molecule has 0 saturated carbocycles. The molecule has 0 unspecified atom stereocenters. The molecular weight excluding hydrogens is 361 g/mol. The van der Waals surface area contributed by atoms with Crippen molar-refractivity contribution in [3.63, 3.8) is 0 Å². The van der Waals surface area contributed by atoms with Crippen LogP contribution >= 0.6 is 0 Å². The van der Waals surface area contributed by atoms with E-state index < -0.39 is 17.7 Å². The summed E-state index contributed by atoms with van der Waals surface area (Å²) in [6, 6.07) is 20.4. The van der Waals surface area contributed by atoms with Crippen LogP contribution in [0.1, 0.15) is 15.9 Å². The number of benzene rings is 1. The Morgan fingerprint density at radius 3 is 1.92 bits per heavy atom. The standard InChI is InChI=1S/C13H8F3O2.C5H5.Fe/c14-13(15,16)10-7-5-9(6-8-10)12(17)18-11-3-1-2-4-11;1-2-4-5-3-1;/h1-8H;1-5H;/q2*-1;+2. The van der Waals surface area contributed by atoms with Crippen molar-refractivity contribution in [1.82, 2.24) is 0 Å². The number of alkyl halides is 3. The molecule has 0 aliphatic rings. The van der Waals surface area contributed by atoms with Crippen molar-refractivity contribution in [2.24, 2.45) is 0 Å². The van der Waals surface area contributed by atoms with Gasteiger partial charge < -0.3 is 9.53 Å². The molecule has 3 aromatic carbocycles. The van der Waals surface area contributed by atoms with Crippen molar-refractivity contribution in [3.8, 4) is 5.75 Å². The quantitative estimate of drug-likeness (QED) is 0.357. The molecule has 6 heteroatoms. The van der Waals surface area contributed by atoms with Crippen molar-refractivity contribution >= 4 is 5.97 Å². The maximum absolute atomic E-state index is 12.3. The predicted molar refractivity (Wildman–Crippen MR) is 80.5 cm³/mol. The monoisotopic (exact) mass is 374 g/mol. The smallest absolute Gasteiger partial charge is 0.514 e. The van der Waals surface area contributed by atoms with E-state index in [0.29, 0.717) is 5.75 Å². The Balaban J connectivity index is 0.000000412. The molecule has 0 radical (unpaired) electrons. The molecule has 2 nitrogen and oxygen atoms in total. The Hall–Kier alpha value is -2.30. The predicted octanol–water partition coefficient (Wildman–Crippen LogP) is 5.05. The Labute approximate surface area is 148 Å². The van der Waals surface area contributed by atoms with Gasteiger partial charge in [0.25, 0.3) is 5.97 Å². The second kappa shape index (κ2) is 9.11. The molecule has 0 amide bonds. The van der Waals surface area contributed by atoms with Crippen molar-refractivity contribution in [2.75, 3.05) is 0 Å². The van der Waals surface area contributed by atoms with Crippen LogP contribution in [0, 0.1) is 0 Å². The fraction of sp³-hybridized carbons (Fsp3) is 0.0556. The second-order valence-corrected chi connectivity index (χ2v) is 4.55. The fourth-order valence-electron chi connectivity index (χ4n) is 1.71. The zero-order chi connectivity index (χ0) is 16.7. The fourth-order valence-corrected chi connectivity index (χ4v) is 1.71. The third-order valence-electron chi connectivity index (χ3n) is 2.85. The minimum atomic E-state index is -4.41. The Morgan fingerprint density at radius 2 is 1.50 bits per heavy atom. The van der Waals surface area contributed by atoms with E-state index >= 15 is 0 Å². The number of halogens is 3. The molecule has 0 bridgehead atoms. The van der Waals surface area contributed by atoms with Gasteiger partial charge in [-0.1, -0.05) is 12.1 Å². The largest absolute Gasteiger partial charge is 2.00 e. The Bertz CT molecular complexity index is 683. The zero-order valence-corrected chi connectivity index (χ0v) is 13.4. The number of hydrogen-bond donors (Lipinski definition) is 0. The van der Waals surface area contributed by atoms with Gasteiger partial charge in [-0.25, -0.2) is 12.1 Å². The zero-order valence-electron chi connectivity index (χ0n) is 12.3. The van der Waals surface area contributed by atoms with E-state index in [4.69, 9.17) is 4.74 Å². The van der Waals surface area contributed by atoms with Crippen LogP contribution in [0.3, 0.4) is 0 Å². The molecule has 3 rings (SSSR count). The third-order valence-corrected chi connectivity index (χ3v) is 2.85. The van der Waals surface area contributed by atoms with Crippen LogP contribution in [0.25, 0.3) is 0 Å². The maximum Gasteiger partial charge on any atom is 2.00 e. The molecule has 0 aliphatic heterocycles. The average molecular weight is 374 g/mol. The molecule has 0 aromatic heterocycles. The number of carbonyl (C=O) groups excluding carboxylic acids is 1. The van der Waals surface area contributed by atoms with Crippen molar-refractivity contribution in [1.29, 1.82) is 0 Å². The molecule has 24 heavy (non-hydrogen) atoms. The number of ether oxygens (including phenoxy) is 1. The van der Waals surface area contributed by atoms with E-state index in [1.807, 2.05) is 30.3 Å². The summed E-state index contributed by atoms with van der Waals surface area (Å²) in [4.78, 5) is 11.6. The van der Waals surface area contributed by atoms with Crippen LogP contribution in [0.15, 0.2) is 78.9 Å². The summed E-state index contributed by atoms with van der Waals surface area (Å²) in [6.07, 6.45) is -4.41. The summed E-state index contributed by atoms with van der Waals surface area (Å²) < 4.78 is 41.9. The van der Waals surface area contributed by atoms with Gasteiger partial charge in [0, 0.05) is 11.3 Å². The summed E-state index contributed by atoms with van der Waals surface area (Å²) in [7, 11) is 0. The second-order valence-electron chi connectivity index (χ2n) is 4.55. The summed E-state index contributed by atoms with van der Waals surface area (Å²) in [5.74, 6) is -0.324. The van der Waals surface area contributed by atoms with E-state index in [2.05, 4.69) is 0 Å². The number of rotatable bonds is 2. The first-order chi connectivity index (χ1) is 11.0. The average Bonchev–Trinajstić information content (AvgIpc) is 3.22. The molecule has 0 N–H and O–H groups in total. The Kier molecular flexibility index (Phi) is 7.49. The van der Waals surface area contributed by atoms with Gasteiger partial charge in [0.05, 0.1) is 5.56 Å². The van der Waals surface area contributed by atoms with Gasteiger partial charge in [0.1, 0.15) is 0 Å². The van der Waals surface area contributed by atoms with E-state index in [1.54, 1.807) is 24.3 Å². The molecule has 126 valence electrons. The molecule has 0 atom stereocenters. The van der Waals surface area contributed by atoms with E-state index in [-0.39, 0.29) is 22.6 Å². The topological polar surface area (TPSA) is 26.3 Å². The SMILES string of the molecule is O=C(O[c-]1cccc1)c1ccc(C(F)(F)F)cc1.[Fe+2].c1cc[cH-]c1. The summed E-state index contributed by atoms with van der Waals surface area (Å²) >= 11 is 0. The molecule has 3 aromatic rings. The van der Waals surface area contributed by atoms with Crippen molar-refractivity contribution < 1.29 is 39.8 Å². The van der Waals surface area contributed by atoms with Gasteiger partial charge in [-0.3, -0.25) is 0 Å². The molecule has 0 heterocycles. The van der Waals surface area contributed by atoms with Crippen LogP contribution in [-0.2, 0) is 23.2 Å². The first-order valence-corrected chi connectivity index (χ1v) is 6.74. The molecule has 0 saturated heterocycles. The van der Waals surface area contributed by atoms with Crippen LogP contribution < -0.4 is 4.74 Å². The third kappa shape index (κ3) is 6.07. The van der Waals surface area contributed by atoms with Crippen LogP contribution in [0.4, 0.5) is 13.2 Å². The molecule has 0 aliphatic carbocycles. The Morgan fingerprint density at radius 1 is 0.958 bits per heavy atom. The summed E-state index contributed by atoms with van der Waals surface area (Å²) in [5, 5.41) is 0. The maximum atomic E-state index is 12.3. The van der Waals surface area contributed by atoms with Gasteiger partial charge in [-0.15, -0.1) is 12.1 Å². The first-order valence-electron chi connectivity index (χ1n) is 6.74. The molecule has 0 fully saturated rings. The minimum Gasteiger partial charge on any atom is -0.514 e. The van der Waals surface area contributed by atoms with Crippen LogP contribution in [0.2, 0.25) is 0 Å². The van der Waals surface area contributed by atoms with E-state index in [0.717, 1.165) is 24.3 Å². The van der Waals surface area contributed by atoms with Gasteiger partial charge in [0.2, 0.25) is 0 Å². The number of esters is 1. The van der Waals surface area contributed by atoms with Gasteiger partial charge in [-0.2, -0.15) is 43.5 Å². The van der Waals surface area contributed by atoms with Gasteiger partial charge in [-0.05, 0) is 12.1 Å². The number of hydrogen-bond acceptors (Lipinski definition) is 2. The number of carbonyl (C=O) groups is 1. The van der Waals surface area contributed by atoms with Crippen LogP contribution in [0.5, 0.6) is 5.75 Å². The van der Waals surface area contributed by atoms with Crippen molar-refractivity contribution in [2.45, 2.75) is 6.18 Å². The van der Waals surface area contributed by atoms with E-state index in [9.17, 15) is 18.0 Å². The summed E-state index contributed by atoms with van der Waals surface area (Å²) in [6.45, 7) is 0. The first kappa shape index (κ1) is 19.7. The summed E-state index contributed by atoms with van der Waals surface area (Å²) in [5.41, 5.74) is -0.725. The van der Waals surface area contributed by atoms with Crippen LogP contribution in [-0.4, -0.2) is 5.97 Å². The minimum absolute atomic E-state index is 0. The molecular formula is C18H13F3FeO2. The molecule has 0 spiro atoms. The van der Waals surface area contributed by atoms with Gasteiger partial charge in [0.15, 0.2) is 0 Å². The normalized spacial score (nSPS) is 10.1. The van der Waals surface area contributed by atoms with E-state index in [1.165, 1.54) is 0 Å². The van der Waals surface area contributed by atoms with Crippen molar-refractivity contribution in [3.05, 3.63) is 90.0 Å².